The fraction of sp³-hybridized carbons (Fsp3) is 1.00. The molecule has 2 aliphatic rings. The van der Waals surface area contributed by atoms with Crippen molar-refractivity contribution in [3.8, 4) is 0 Å². The lowest BCUT2D eigenvalue weighted by molar-refractivity contribution is 0.227. The molecule has 0 aromatic carbocycles. The van der Waals surface area contributed by atoms with Crippen LogP contribution in [0.1, 0.15) is 33.1 Å². The van der Waals surface area contributed by atoms with E-state index in [2.05, 4.69) is 19.2 Å². The third-order valence-corrected chi connectivity index (χ3v) is 7.27. The van der Waals surface area contributed by atoms with Crippen LogP contribution in [-0.2, 0) is 10.2 Å². The van der Waals surface area contributed by atoms with Crippen molar-refractivity contribution in [2.75, 3.05) is 33.2 Å². The van der Waals surface area contributed by atoms with Crippen molar-refractivity contribution >= 4 is 22.0 Å². The molecule has 0 aromatic heterocycles. The number of nitrogens with one attached hydrogen (secondary N) is 1. The Kier molecular flexibility index (Phi) is 5.76. The second-order valence-electron chi connectivity index (χ2n) is 5.90. The van der Waals surface area contributed by atoms with Gasteiger partial charge < -0.3 is 5.32 Å². The van der Waals surface area contributed by atoms with E-state index in [4.69, 9.17) is 0 Å². The Balaban J connectivity index is 2.14. The number of piperidine rings is 1. The predicted octanol–water partition coefficient (Wildman–Crippen LogP) is 1.13. The van der Waals surface area contributed by atoms with E-state index >= 15 is 0 Å². The summed E-state index contributed by atoms with van der Waals surface area (Å²) in [4.78, 5) is 0. The van der Waals surface area contributed by atoms with Crippen LogP contribution in [0.2, 0.25) is 0 Å². The van der Waals surface area contributed by atoms with Gasteiger partial charge in [0.15, 0.2) is 0 Å². The molecule has 3 atom stereocenters. The van der Waals surface area contributed by atoms with Crippen molar-refractivity contribution < 1.29 is 8.42 Å². The quantitative estimate of drug-likeness (QED) is 0.843. The minimum absolute atomic E-state index is 0.110. The topological polar surface area (TPSA) is 52.7 Å². The monoisotopic (exact) mass is 321 g/mol. The second-order valence-corrected chi connectivity index (χ2v) is 9.66. The zero-order valence-electron chi connectivity index (χ0n) is 12.7. The first-order valence-corrected chi connectivity index (χ1v) is 9.86. The maximum Gasteiger partial charge on any atom is 0.282 e. The molecule has 2 heterocycles. The lowest BCUT2D eigenvalue weighted by atomic mass is 10.1. The van der Waals surface area contributed by atoms with Crippen molar-refractivity contribution in [3.63, 3.8) is 0 Å². The van der Waals surface area contributed by atoms with E-state index in [0.29, 0.717) is 30.1 Å². The number of rotatable bonds is 4. The summed E-state index contributed by atoms with van der Waals surface area (Å²) in [5.74, 6) is 0. The van der Waals surface area contributed by atoms with Gasteiger partial charge in [-0.25, -0.2) is 0 Å². The second kappa shape index (κ2) is 6.96. The van der Waals surface area contributed by atoms with Gasteiger partial charge in [0.25, 0.3) is 10.2 Å². The number of hydrogen-bond acceptors (Lipinski definition) is 4. The Bertz CT molecular complexity index is 404. The first-order valence-electron chi connectivity index (χ1n) is 7.52. The molecule has 0 aliphatic carbocycles. The Labute approximate surface area is 127 Å². The van der Waals surface area contributed by atoms with Gasteiger partial charge in [-0.3, -0.25) is 0 Å². The molecule has 0 spiro atoms. The van der Waals surface area contributed by atoms with Crippen LogP contribution in [-0.4, -0.2) is 66.8 Å². The van der Waals surface area contributed by atoms with E-state index < -0.39 is 10.2 Å². The van der Waals surface area contributed by atoms with Crippen molar-refractivity contribution in [2.24, 2.45) is 0 Å². The molecule has 0 bridgehead atoms. The normalized spacial score (nSPS) is 34.2. The van der Waals surface area contributed by atoms with Gasteiger partial charge in [-0.15, -0.1) is 0 Å². The summed E-state index contributed by atoms with van der Waals surface area (Å²) < 4.78 is 29.3. The van der Waals surface area contributed by atoms with Gasteiger partial charge in [0.1, 0.15) is 0 Å². The van der Waals surface area contributed by atoms with Crippen LogP contribution in [0.3, 0.4) is 0 Å². The van der Waals surface area contributed by atoms with Crippen LogP contribution in [0.5, 0.6) is 0 Å². The molecule has 20 heavy (non-hydrogen) atoms. The van der Waals surface area contributed by atoms with Crippen molar-refractivity contribution in [2.45, 2.75) is 49.7 Å². The Morgan fingerprint density at radius 1 is 1.20 bits per heavy atom. The highest BCUT2D eigenvalue weighted by molar-refractivity contribution is 8.00. The fourth-order valence-electron chi connectivity index (χ4n) is 3.18. The molecule has 2 aliphatic heterocycles. The molecule has 2 fully saturated rings. The standard InChI is InChI=1S/C13H27N3O2S2/c1-11-9-15(10-12(2)19-11)20(17,18)16-7-5-4-6-13(16)8-14-3/h11-14H,4-10H2,1-3H3. The van der Waals surface area contributed by atoms with Gasteiger partial charge in [-0.05, 0) is 19.9 Å². The van der Waals surface area contributed by atoms with Crippen LogP contribution in [0.25, 0.3) is 0 Å². The summed E-state index contributed by atoms with van der Waals surface area (Å²) in [5.41, 5.74) is 0. The average Bonchev–Trinajstić information content (AvgIpc) is 2.38. The SMILES string of the molecule is CNCC1CCCCN1S(=O)(=O)N1CC(C)SC(C)C1. The van der Waals surface area contributed by atoms with Crippen LogP contribution in [0.15, 0.2) is 0 Å². The zero-order chi connectivity index (χ0) is 14.8. The van der Waals surface area contributed by atoms with E-state index in [9.17, 15) is 8.42 Å². The maximum atomic E-state index is 12.9. The molecule has 0 aromatic rings. The molecular weight excluding hydrogens is 294 g/mol. The fourth-order valence-corrected chi connectivity index (χ4v) is 6.74. The molecule has 2 saturated heterocycles. The molecule has 5 nitrogen and oxygen atoms in total. The molecule has 0 radical (unpaired) electrons. The summed E-state index contributed by atoms with van der Waals surface area (Å²) in [6.45, 7) is 6.92. The summed E-state index contributed by atoms with van der Waals surface area (Å²) >= 11 is 1.88. The number of likely N-dealkylation sites (N-methyl/N-ethyl adjacent to an activating group) is 1. The molecule has 3 unspecified atom stereocenters. The van der Waals surface area contributed by atoms with E-state index in [1.807, 2.05) is 18.8 Å². The Morgan fingerprint density at radius 2 is 1.85 bits per heavy atom. The number of hydrogen-bond donors (Lipinski definition) is 1. The van der Waals surface area contributed by atoms with Gasteiger partial charge >= 0.3 is 0 Å². The van der Waals surface area contributed by atoms with Crippen LogP contribution >= 0.6 is 11.8 Å². The van der Waals surface area contributed by atoms with Gasteiger partial charge in [0, 0.05) is 42.7 Å². The molecule has 118 valence electrons. The van der Waals surface area contributed by atoms with E-state index in [1.54, 1.807) is 8.61 Å². The summed E-state index contributed by atoms with van der Waals surface area (Å²) in [6.07, 6.45) is 3.07. The highest BCUT2D eigenvalue weighted by Crippen LogP contribution is 2.29. The number of thioether (sulfide) groups is 1. The zero-order valence-corrected chi connectivity index (χ0v) is 14.3. The predicted molar refractivity (Wildman–Crippen MR) is 85.3 cm³/mol. The third-order valence-electron chi connectivity index (χ3n) is 4.02. The highest BCUT2D eigenvalue weighted by atomic mass is 32.2. The van der Waals surface area contributed by atoms with Crippen LogP contribution in [0.4, 0.5) is 0 Å². The van der Waals surface area contributed by atoms with Crippen LogP contribution < -0.4 is 5.32 Å². The molecule has 0 saturated carbocycles. The van der Waals surface area contributed by atoms with Gasteiger partial charge in [-0.2, -0.15) is 28.8 Å². The minimum Gasteiger partial charge on any atom is -0.318 e. The van der Waals surface area contributed by atoms with Crippen molar-refractivity contribution in [1.82, 2.24) is 13.9 Å². The highest BCUT2D eigenvalue weighted by Gasteiger charge is 2.39. The lowest BCUT2D eigenvalue weighted by Crippen LogP contribution is -2.56. The van der Waals surface area contributed by atoms with E-state index in [-0.39, 0.29) is 6.04 Å². The smallest absolute Gasteiger partial charge is 0.282 e. The van der Waals surface area contributed by atoms with Crippen LogP contribution in [0, 0.1) is 0 Å². The summed E-state index contributed by atoms with van der Waals surface area (Å²) in [7, 11) is -1.42. The molecular formula is C13H27N3O2S2. The van der Waals surface area contributed by atoms with Gasteiger partial charge in [0.2, 0.25) is 0 Å². The van der Waals surface area contributed by atoms with E-state index in [0.717, 1.165) is 25.8 Å². The van der Waals surface area contributed by atoms with Gasteiger partial charge in [0.05, 0.1) is 0 Å². The van der Waals surface area contributed by atoms with Crippen molar-refractivity contribution in [1.29, 1.82) is 0 Å². The first-order chi connectivity index (χ1) is 9.45. The lowest BCUT2D eigenvalue weighted by Gasteiger charge is -2.41. The minimum atomic E-state index is -3.31. The maximum absolute atomic E-state index is 12.9. The summed E-state index contributed by atoms with van der Waals surface area (Å²) in [5, 5.41) is 3.88. The third kappa shape index (κ3) is 3.68. The summed E-state index contributed by atoms with van der Waals surface area (Å²) in [6, 6.07) is 0.110. The number of nitrogens with zero attached hydrogens (tertiary/aromatic N) is 2. The Hall–Kier alpha value is 0.180. The molecule has 1 N–H and O–H groups in total. The van der Waals surface area contributed by atoms with Gasteiger partial charge in [-0.1, -0.05) is 20.3 Å². The Morgan fingerprint density at radius 3 is 2.45 bits per heavy atom. The molecule has 7 heteroatoms. The van der Waals surface area contributed by atoms with E-state index in [1.165, 1.54) is 0 Å². The van der Waals surface area contributed by atoms with Crippen molar-refractivity contribution in [3.05, 3.63) is 0 Å². The molecule has 0 amide bonds. The first kappa shape index (κ1) is 16.5. The average molecular weight is 322 g/mol. The molecule has 2 rings (SSSR count). The largest absolute Gasteiger partial charge is 0.318 e.